The predicted molar refractivity (Wildman–Crippen MR) is 88.4 cm³/mol. The lowest BCUT2D eigenvalue weighted by atomic mass is 9.91. The van der Waals surface area contributed by atoms with Gasteiger partial charge in [0.15, 0.2) is 5.82 Å². The van der Waals surface area contributed by atoms with Gasteiger partial charge in [-0.2, -0.15) is 10.4 Å². The highest BCUT2D eigenvalue weighted by Crippen LogP contribution is 2.47. The molecule has 0 spiro atoms. The Bertz CT molecular complexity index is 771. The fraction of sp³-hybridized carbons (Fsp3) is 0.588. The number of rotatable bonds is 4. The van der Waals surface area contributed by atoms with E-state index in [0.717, 1.165) is 36.5 Å². The number of nitrogens with one attached hydrogen (secondary N) is 1. The lowest BCUT2D eigenvalue weighted by molar-refractivity contribution is 0.444. The number of aromatic amines is 1. The molecule has 0 bridgehead atoms. The molecular formula is C17H21N7. The molecule has 2 fully saturated rings. The van der Waals surface area contributed by atoms with E-state index in [2.05, 4.69) is 45.0 Å². The van der Waals surface area contributed by atoms with E-state index < -0.39 is 0 Å². The zero-order chi connectivity index (χ0) is 16.7. The van der Waals surface area contributed by atoms with Gasteiger partial charge in [0, 0.05) is 31.0 Å². The van der Waals surface area contributed by atoms with Crippen molar-refractivity contribution in [2.45, 2.75) is 38.5 Å². The monoisotopic (exact) mass is 323 g/mol. The molecule has 24 heavy (non-hydrogen) atoms. The summed E-state index contributed by atoms with van der Waals surface area (Å²) in [6.07, 6.45) is 4.07. The van der Waals surface area contributed by atoms with E-state index in [-0.39, 0.29) is 0 Å². The molecule has 1 aliphatic carbocycles. The number of nitriles is 1. The standard InChI is InChI=1S/C17H21N7/c1-10(2)16-21-17(23-22-16)14-8-24(7-13(14)11-3-4-11)15-5-12(6-18)19-9-20-15/h5,9-11,13-14H,3-4,7-8H2,1-2H3,(H,21,22,23)/t13-,14+/m0/s1. The summed E-state index contributed by atoms with van der Waals surface area (Å²) in [6.45, 7) is 6.03. The molecule has 2 aromatic rings. The number of aromatic nitrogens is 5. The number of anilines is 1. The largest absolute Gasteiger partial charge is 0.355 e. The van der Waals surface area contributed by atoms with Crippen molar-refractivity contribution in [2.75, 3.05) is 18.0 Å². The molecular weight excluding hydrogens is 302 g/mol. The smallest absolute Gasteiger partial charge is 0.153 e. The Kier molecular flexibility index (Phi) is 3.68. The van der Waals surface area contributed by atoms with Crippen LogP contribution in [0.1, 0.15) is 55.9 Å². The second-order valence-corrected chi connectivity index (χ2v) is 7.12. The first-order chi connectivity index (χ1) is 11.7. The summed E-state index contributed by atoms with van der Waals surface area (Å²) in [6, 6.07) is 3.86. The van der Waals surface area contributed by atoms with Crippen LogP contribution in [0.3, 0.4) is 0 Å². The van der Waals surface area contributed by atoms with Crippen molar-refractivity contribution in [1.82, 2.24) is 25.1 Å². The van der Waals surface area contributed by atoms with Crippen LogP contribution in [-0.4, -0.2) is 38.2 Å². The maximum atomic E-state index is 9.06. The first-order valence-electron chi connectivity index (χ1n) is 8.55. The van der Waals surface area contributed by atoms with Crippen LogP contribution in [0, 0.1) is 23.2 Å². The summed E-state index contributed by atoms with van der Waals surface area (Å²) < 4.78 is 0. The molecule has 2 atom stereocenters. The molecule has 0 unspecified atom stereocenters. The van der Waals surface area contributed by atoms with Gasteiger partial charge >= 0.3 is 0 Å². The fourth-order valence-electron chi connectivity index (χ4n) is 3.60. The third kappa shape index (κ3) is 2.73. The summed E-state index contributed by atoms with van der Waals surface area (Å²) in [7, 11) is 0. The molecule has 0 radical (unpaired) electrons. The summed E-state index contributed by atoms with van der Waals surface area (Å²) in [5, 5.41) is 16.6. The molecule has 124 valence electrons. The summed E-state index contributed by atoms with van der Waals surface area (Å²) in [5.74, 6) is 4.71. The molecule has 2 aliphatic rings. The minimum absolute atomic E-state index is 0.326. The predicted octanol–water partition coefficient (Wildman–Crippen LogP) is 2.22. The normalized spacial score (nSPS) is 23.7. The van der Waals surface area contributed by atoms with Gasteiger partial charge in [-0.3, -0.25) is 5.10 Å². The van der Waals surface area contributed by atoms with Crippen molar-refractivity contribution in [3.63, 3.8) is 0 Å². The zero-order valence-electron chi connectivity index (χ0n) is 14.0. The van der Waals surface area contributed by atoms with Gasteiger partial charge < -0.3 is 4.90 Å². The molecule has 7 heteroatoms. The van der Waals surface area contributed by atoms with Gasteiger partial charge in [0.1, 0.15) is 29.7 Å². The van der Waals surface area contributed by atoms with Gasteiger partial charge in [-0.05, 0) is 24.7 Å². The van der Waals surface area contributed by atoms with Crippen molar-refractivity contribution in [1.29, 1.82) is 5.26 Å². The third-order valence-corrected chi connectivity index (χ3v) is 5.07. The highest BCUT2D eigenvalue weighted by Gasteiger charge is 2.44. The number of hydrogen-bond donors (Lipinski definition) is 1. The van der Waals surface area contributed by atoms with Gasteiger partial charge in [-0.15, -0.1) is 0 Å². The van der Waals surface area contributed by atoms with Gasteiger partial charge in [-0.1, -0.05) is 13.8 Å². The van der Waals surface area contributed by atoms with Crippen molar-refractivity contribution >= 4 is 5.82 Å². The summed E-state index contributed by atoms with van der Waals surface area (Å²) >= 11 is 0. The average molecular weight is 323 g/mol. The topological polar surface area (TPSA) is 94.4 Å². The van der Waals surface area contributed by atoms with Crippen LogP contribution in [0.2, 0.25) is 0 Å². The van der Waals surface area contributed by atoms with Crippen LogP contribution in [-0.2, 0) is 0 Å². The molecule has 1 saturated carbocycles. The van der Waals surface area contributed by atoms with Crippen molar-refractivity contribution in [2.24, 2.45) is 11.8 Å². The van der Waals surface area contributed by atoms with Gasteiger partial charge in [0.25, 0.3) is 0 Å². The van der Waals surface area contributed by atoms with Crippen molar-refractivity contribution in [3.05, 3.63) is 29.7 Å². The van der Waals surface area contributed by atoms with Crippen LogP contribution in [0.5, 0.6) is 0 Å². The molecule has 4 rings (SSSR count). The summed E-state index contributed by atoms with van der Waals surface area (Å²) in [4.78, 5) is 15.3. The van der Waals surface area contributed by atoms with Crippen LogP contribution in [0.25, 0.3) is 0 Å². The first-order valence-corrected chi connectivity index (χ1v) is 8.55. The molecule has 3 heterocycles. The molecule has 0 aromatic carbocycles. The lowest BCUT2D eigenvalue weighted by Gasteiger charge is -2.16. The highest BCUT2D eigenvalue weighted by atomic mass is 15.3. The van der Waals surface area contributed by atoms with Crippen molar-refractivity contribution < 1.29 is 0 Å². The van der Waals surface area contributed by atoms with E-state index >= 15 is 0 Å². The van der Waals surface area contributed by atoms with E-state index in [4.69, 9.17) is 10.2 Å². The Hall–Kier alpha value is -2.49. The number of H-pyrrole nitrogens is 1. The van der Waals surface area contributed by atoms with Crippen LogP contribution >= 0.6 is 0 Å². The minimum atomic E-state index is 0.326. The van der Waals surface area contributed by atoms with E-state index in [9.17, 15) is 0 Å². The molecule has 0 amide bonds. The molecule has 1 aliphatic heterocycles. The zero-order valence-corrected chi connectivity index (χ0v) is 14.0. The van der Waals surface area contributed by atoms with Crippen LogP contribution < -0.4 is 4.90 Å². The second kappa shape index (κ2) is 5.86. The highest BCUT2D eigenvalue weighted by molar-refractivity contribution is 5.44. The van der Waals surface area contributed by atoms with Gasteiger partial charge in [-0.25, -0.2) is 15.0 Å². The minimum Gasteiger partial charge on any atom is -0.355 e. The average Bonchev–Trinajstić information content (AvgIpc) is 3.15. The molecule has 1 N–H and O–H groups in total. The van der Waals surface area contributed by atoms with E-state index in [1.807, 2.05) is 0 Å². The molecule has 7 nitrogen and oxygen atoms in total. The Morgan fingerprint density at radius 3 is 2.79 bits per heavy atom. The molecule has 2 aromatic heterocycles. The quantitative estimate of drug-likeness (QED) is 0.927. The molecule has 1 saturated heterocycles. The Morgan fingerprint density at radius 1 is 1.29 bits per heavy atom. The van der Waals surface area contributed by atoms with Crippen molar-refractivity contribution in [3.8, 4) is 6.07 Å². The van der Waals surface area contributed by atoms with E-state index in [0.29, 0.717) is 23.4 Å². The maximum Gasteiger partial charge on any atom is 0.153 e. The first kappa shape index (κ1) is 15.1. The van der Waals surface area contributed by atoms with Gasteiger partial charge in [0.05, 0.1) is 0 Å². The fourth-order valence-corrected chi connectivity index (χ4v) is 3.60. The van der Waals surface area contributed by atoms with Gasteiger partial charge in [0.2, 0.25) is 0 Å². The summed E-state index contributed by atoms with van der Waals surface area (Å²) in [5.41, 5.74) is 0.410. The SMILES string of the molecule is CC(C)c1n[nH]c([C@@H]2CN(c3cc(C#N)ncn3)C[C@H]2C2CC2)n1. The number of nitrogens with zero attached hydrogens (tertiary/aromatic N) is 6. The van der Waals surface area contributed by atoms with E-state index in [1.54, 1.807) is 6.07 Å². The van der Waals surface area contributed by atoms with E-state index in [1.165, 1.54) is 19.2 Å². The maximum absolute atomic E-state index is 9.06. The Balaban J connectivity index is 1.60. The Labute approximate surface area is 141 Å². The van der Waals surface area contributed by atoms with Crippen LogP contribution in [0.4, 0.5) is 5.82 Å². The van der Waals surface area contributed by atoms with Crippen LogP contribution in [0.15, 0.2) is 12.4 Å². The lowest BCUT2D eigenvalue weighted by Crippen LogP contribution is -2.21. The second-order valence-electron chi connectivity index (χ2n) is 7.12. The third-order valence-electron chi connectivity index (χ3n) is 5.07. The number of hydrogen-bond acceptors (Lipinski definition) is 6. The Morgan fingerprint density at radius 2 is 2.12 bits per heavy atom.